The van der Waals surface area contributed by atoms with Gasteiger partial charge in [-0.15, -0.1) is 0 Å². The van der Waals surface area contributed by atoms with Crippen molar-refractivity contribution in [2.45, 2.75) is 44.6 Å². The summed E-state index contributed by atoms with van der Waals surface area (Å²) < 4.78 is 0. The molecule has 1 aliphatic rings. The molecular weight excluding hydrogens is 228 g/mol. The third-order valence-corrected chi connectivity index (χ3v) is 3.97. The average Bonchev–Trinajstić information content (AvgIpc) is 2.39. The van der Waals surface area contributed by atoms with Gasteiger partial charge in [0, 0.05) is 0 Å². The number of benzene rings is 1. The Morgan fingerprint density at radius 2 is 1.72 bits per heavy atom. The monoisotopic (exact) mass is 248 g/mol. The summed E-state index contributed by atoms with van der Waals surface area (Å²) in [5, 5.41) is 18.2. The first-order valence-electron chi connectivity index (χ1n) is 6.58. The zero-order chi connectivity index (χ0) is 13.1. The van der Waals surface area contributed by atoms with Crippen LogP contribution in [0.25, 0.3) is 0 Å². The molecule has 1 aromatic carbocycles. The highest BCUT2D eigenvalue weighted by molar-refractivity contribution is 5.73. The van der Waals surface area contributed by atoms with Crippen LogP contribution in [0.3, 0.4) is 0 Å². The Morgan fingerprint density at radius 3 is 2.22 bits per heavy atom. The molecule has 0 amide bonds. The summed E-state index contributed by atoms with van der Waals surface area (Å²) in [5.41, 5.74) is 1.72. The minimum Gasteiger partial charge on any atom is -0.479 e. The van der Waals surface area contributed by atoms with E-state index in [0.29, 0.717) is 11.5 Å². The van der Waals surface area contributed by atoms with Crippen molar-refractivity contribution in [3.05, 3.63) is 35.4 Å². The lowest BCUT2D eigenvalue weighted by Gasteiger charge is -2.26. The van der Waals surface area contributed by atoms with Gasteiger partial charge in [0.25, 0.3) is 0 Å². The van der Waals surface area contributed by atoms with Crippen molar-refractivity contribution in [3.8, 4) is 0 Å². The van der Waals surface area contributed by atoms with Crippen LogP contribution >= 0.6 is 0 Å². The Kier molecular flexibility index (Phi) is 4.02. The molecule has 0 saturated heterocycles. The predicted octanol–water partition coefficient (Wildman–Crippen LogP) is 3.10. The number of aliphatic hydroxyl groups excluding tert-OH is 1. The van der Waals surface area contributed by atoms with Gasteiger partial charge in [-0.2, -0.15) is 0 Å². The van der Waals surface area contributed by atoms with Crippen molar-refractivity contribution >= 4 is 5.97 Å². The van der Waals surface area contributed by atoms with E-state index in [-0.39, 0.29) is 0 Å². The predicted molar refractivity (Wildman–Crippen MR) is 69.4 cm³/mol. The topological polar surface area (TPSA) is 57.5 Å². The van der Waals surface area contributed by atoms with Crippen molar-refractivity contribution in [3.63, 3.8) is 0 Å². The fourth-order valence-electron chi connectivity index (χ4n) is 2.69. The lowest BCUT2D eigenvalue weighted by molar-refractivity contribution is -0.146. The van der Waals surface area contributed by atoms with Crippen LogP contribution < -0.4 is 0 Å². The highest BCUT2D eigenvalue weighted by Gasteiger charge is 2.20. The summed E-state index contributed by atoms with van der Waals surface area (Å²) in [6.07, 6.45) is 3.55. The second-order valence-electron chi connectivity index (χ2n) is 5.36. The van der Waals surface area contributed by atoms with Crippen molar-refractivity contribution in [1.29, 1.82) is 0 Å². The molecule has 0 radical (unpaired) electrons. The Hall–Kier alpha value is -1.35. The minimum absolute atomic E-state index is 0.454. The molecule has 1 aromatic rings. The molecule has 1 saturated carbocycles. The lowest BCUT2D eigenvalue weighted by Crippen LogP contribution is -2.12. The Labute approximate surface area is 107 Å². The molecule has 98 valence electrons. The maximum absolute atomic E-state index is 10.7. The van der Waals surface area contributed by atoms with Gasteiger partial charge >= 0.3 is 5.97 Å². The van der Waals surface area contributed by atoms with E-state index in [9.17, 15) is 9.90 Å². The second kappa shape index (κ2) is 5.53. The third kappa shape index (κ3) is 2.91. The van der Waals surface area contributed by atoms with E-state index in [4.69, 9.17) is 5.11 Å². The second-order valence-corrected chi connectivity index (χ2v) is 5.36. The summed E-state index contributed by atoms with van der Waals surface area (Å²) in [6, 6.07) is 7.38. The molecule has 0 heterocycles. The molecule has 2 rings (SSSR count). The Bertz CT molecular complexity index is 402. The van der Waals surface area contributed by atoms with Crippen molar-refractivity contribution < 1.29 is 15.0 Å². The lowest BCUT2D eigenvalue weighted by atomic mass is 9.79. The standard InChI is InChI=1S/C15H20O3/c1-10-2-4-11(5-3-10)12-6-8-13(9-7-12)14(16)15(17)18/h6-11,14,16H,2-5H2,1H3,(H,17,18). The third-order valence-electron chi connectivity index (χ3n) is 3.97. The average molecular weight is 248 g/mol. The Morgan fingerprint density at radius 1 is 1.17 bits per heavy atom. The summed E-state index contributed by atoms with van der Waals surface area (Å²) in [5.74, 6) is 0.223. The summed E-state index contributed by atoms with van der Waals surface area (Å²) in [7, 11) is 0. The van der Waals surface area contributed by atoms with Gasteiger partial charge in [0.2, 0.25) is 0 Å². The van der Waals surface area contributed by atoms with E-state index >= 15 is 0 Å². The van der Waals surface area contributed by atoms with E-state index in [1.54, 1.807) is 12.1 Å². The normalized spacial score (nSPS) is 25.7. The van der Waals surface area contributed by atoms with Gasteiger partial charge in [0.05, 0.1) is 0 Å². The van der Waals surface area contributed by atoms with Gasteiger partial charge in [0.15, 0.2) is 6.10 Å². The number of hydrogen-bond donors (Lipinski definition) is 2. The molecular formula is C15H20O3. The molecule has 1 aliphatic carbocycles. The van der Waals surface area contributed by atoms with Crippen molar-refractivity contribution in [2.24, 2.45) is 5.92 Å². The molecule has 3 nitrogen and oxygen atoms in total. The summed E-state index contributed by atoms with van der Waals surface area (Å²) in [6.45, 7) is 2.29. The van der Waals surface area contributed by atoms with Crippen molar-refractivity contribution in [2.75, 3.05) is 0 Å². The fourth-order valence-corrected chi connectivity index (χ4v) is 2.69. The first kappa shape index (κ1) is 13.1. The molecule has 0 spiro atoms. The number of aliphatic hydroxyl groups is 1. The number of carboxylic acid groups (broad SMARTS) is 1. The van der Waals surface area contributed by atoms with E-state index in [1.807, 2.05) is 12.1 Å². The van der Waals surface area contributed by atoms with Gasteiger partial charge < -0.3 is 10.2 Å². The Balaban J connectivity index is 2.06. The molecule has 1 fully saturated rings. The molecule has 0 aliphatic heterocycles. The molecule has 0 bridgehead atoms. The van der Waals surface area contributed by atoms with Gasteiger partial charge in [-0.3, -0.25) is 0 Å². The number of aliphatic carboxylic acids is 1. The van der Waals surface area contributed by atoms with Gasteiger partial charge in [0.1, 0.15) is 0 Å². The molecule has 1 unspecified atom stereocenters. The fraction of sp³-hybridized carbons (Fsp3) is 0.533. The van der Waals surface area contributed by atoms with Crippen LogP contribution in [-0.4, -0.2) is 16.2 Å². The molecule has 2 N–H and O–H groups in total. The van der Waals surface area contributed by atoms with Crippen LogP contribution in [0.2, 0.25) is 0 Å². The zero-order valence-electron chi connectivity index (χ0n) is 10.7. The first-order chi connectivity index (χ1) is 8.58. The zero-order valence-corrected chi connectivity index (χ0v) is 10.7. The summed E-state index contributed by atoms with van der Waals surface area (Å²) in [4.78, 5) is 10.7. The first-order valence-corrected chi connectivity index (χ1v) is 6.58. The minimum atomic E-state index is -1.41. The van der Waals surface area contributed by atoms with Gasteiger partial charge in [-0.25, -0.2) is 4.79 Å². The highest BCUT2D eigenvalue weighted by atomic mass is 16.4. The number of carbonyl (C=O) groups is 1. The molecule has 0 aromatic heterocycles. The maximum Gasteiger partial charge on any atom is 0.337 e. The van der Waals surface area contributed by atoms with Crippen LogP contribution in [0.1, 0.15) is 55.8 Å². The summed E-state index contributed by atoms with van der Waals surface area (Å²) >= 11 is 0. The molecule has 3 heteroatoms. The molecule has 1 atom stereocenters. The number of hydrogen-bond acceptors (Lipinski definition) is 2. The van der Waals surface area contributed by atoms with Crippen LogP contribution in [0.5, 0.6) is 0 Å². The van der Waals surface area contributed by atoms with Gasteiger partial charge in [-0.05, 0) is 35.8 Å². The SMILES string of the molecule is CC1CCC(c2ccc(C(O)C(=O)O)cc2)CC1. The maximum atomic E-state index is 10.7. The largest absolute Gasteiger partial charge is 0.479 e. The molecule has 18 heavy (non-hydrogen) atoms. The highest BCUT2D eigenvalue weighted by Crippen LogP contribution is 2.35. The number of carboxylic acids is 1. The van der Waals surface area contributed by atoms with E-state index < -0.39 is 12.1 Å². The van der Waals surface area contributed by atoms with E-state index in [2.05, 4.69) is 6.92 Å². The van der Waals surface area contributed by atoms with E-state index in [1.165, 1.54) is 31.2 Å². The van der Waals surface area contributed by atoms with Crippen LogP contribution in [0.15, 0.2) is 24.3 Å². The quantitative estimate of drug-likeness (QED) is 0.864. The smallest absolute Gasteiger partial charge is 0.337 e. The van der Waals surface area contributed by atoms with Gasteiger partial charge in [-0.1, -0.05) is 44.0 Å². The van der Waals surface area contributed by atoms with Crippen LogP contribution in [0, 0.1) is 5.92 Å². The van der Waals surface area contributed by atoms with Crippen molar-refractivity contribution in [1.82, 2.24) is 0 Å². The van der Waals surface area contributed by atoms with E-state index in [0.717, 1.165) is 5.92 Å². The number of rotatable bonds is 3. The van der Waals surface area contributed by atoms with Crippen LogP contribution in [-0.2, 0) is 4.79 Å². The van der Waals surface area contributed by atoms with Crippen LogP contribution in [0.4, 0.5) is 0 Å².